The van der Waals surface area contributed by atoms with E-state index >= 15 is 0 Å². The molecule has 2 atom stereocenters. The highest BCUT2D eigenvalue weighted by Gasteiger charge is 2.22. The van der Waals surface area contributed by atoms with E-state index in [0.29, 0.717) is 25.0 Å². The van der Waals surface area contributed by atoms with E-state index in [1.807, 2.05) is 45.3 Å². The molecular weight excluding hydrogens is 957 g/mol. The highest BCUT2D eigenvalue weighted by atomic mass is 32.1. The number of pyridine rings is 2. The van der Waals surface area contributed by atoms with Gasteiger partial charge in [0.25, 0.3) is 0 Å². The second-order valence-corrected chi connectivity index (χ2v) is 26.2. The minimum absolute atomic E-state index is 0.525. The molecule has 0 amide bonds. The average molecular weight is 1050 g/mol. The van der Waals surface area contributed by atoms with Crippen LogP contribution in [0.1, 0.15) is 243 Å². The van der Waals surface area contributed by atoms with E-state index in [2.05, 4.69) is 90.1 Å². The molecule has 0 aliphatic carbocycles. The van der Waals surface area contributed by atoms with Crippen LogP contribution in [0.2, 0.25) is 0 Å². The molecule has 6 aromatic heterocycles. The highest BCUT2D eigenvalue weighted by molar-refractivity contribution is 7.31. The van der Waals surface area contributed by atoms with Crippen LogP contribution in [0, 0.1) is 25.7 Å². The molecule has 72 heavy (non-hydrogen) atoms. The highest BCUT2D eigenvalue weighted by Crippen LogP contribution is 2.45. The van der Waals surface area contributed by atoms with Crippen molar-refractivity contribution < 1.29 is 9.47 Å². The molecule has 398 valence electrons. The molecule has 2 unspecified atom stereocenters. The predicted octanol–water partition coefficient (Wildman–Crippen LogP) is 23.2. The molecule has 0 saturated carbocycles. The first kappa shape index (κ1) is 58.5. The van der Waals surface area contributed by atoms with Gasteiger partial charge in [0, 0.05) is 38.7 Å². The molecule has 0 bridgehead atoms. The third kappa shape index (κ3) is 20.1. The number of fused-ring (bicyclic) bond motifs is 2. The lowest BCUT2D eigenvalue weighted by Gasteiger charge is -2.20. The fraction of sp³-hybridized carbons (Fsp3) is 0.656. The molecule has 0 saturated heterocycles. The van der Waals surface area contributed by atoms with E-state index in [-0.39, 0.29) is 0 Å². The van der Waals surface area contributed by atoms with Gasteiger partial charge in [0.15, 0.2) is 0 Å². The zero-order valence-corrected chi connectivity index (χ0v) is 49.4. The first-order valence-corrected chi connectivity index (χ1v) is 32.9. The van der Waals surface area contributed by atoms with Crippen LogP contribution < -0.4 is 9.47 Å². The molecule has 0 radical (unpaired) electrons. The summed E-state index contributed by atoms with van der Waals surface area (Å²) in [5, 5.41) is 0. The molecule has 8 heteroatoms. The van der Waals surface area contributed by atoms with Crippen LogP contribution in [0.15, 0.2) is 48.5 Å². The summed E-state index contributed by atoms with van der Waals surface area (Å²) < 4.78 is 16.9. The van der Waals surface area contributed by atoms with Crippen molar-refractivity contribution in [1.29, 1.82) is 0 Å². The molecule has 6 rings (SSSR count). The van der Waals surface area contributed by atoms with Gasteiger partial charge >= 0.3 is 0 Å². The Hall–Kier alpha value is -2.78. The molecule has 4 nitrogen and oxygen atoms in total. The molecule has 0 aliphatic rings. The number of hydrogen-bond donors (Lipinski definition) is 0. The van der Waals surface area contributed by atoms with Gasteiger partial charge in [-0.25, -0.2) is 9.97 Å². The smallest absolute Gasteiger partial charge is 0.222 e. The summed E-state index contributed by atoms with van der Waals surface area (Å²) in [6, 6.07) is 18.3. The number of unbranched alkanes of at least 4 members (excludes halogenated alkanes) is 24. The Balaban J connectivity index is 1.27. The Morgan fingerprint density at radius 2 is 0.736 bits per heavy atom. The van der Waals surface area contributed by atoms with Gasteiger partial charge in [0.1, 0.15) is 0 Å². The van der Waals surface area contributed by atoms with Gasteiger partial charge < -0.3 is 9.47 Å². The van der Waals surface area contributed by atoms with Gasteiger partial charge in [0.05, 0.1) is 35.4 Å². The van der Waals surface area contributed by atoms with E-state index in [4.69, 9.17) is 19.4 Å². The van der Waals surface area contributed by atoms with Crippen LogP contribution in [-0.2, 0) is 0 Å². The van der Waals surface area contributed by atoms with Crippen molar-refractivity contribution in [3.63, 3.8) is 0 Å². The number of aryl methyl sites for hydroxylation is 2. The van der Waals surface area contributed by atoms with Gasteiger partial charge in [-0.2, -0.15) is 0 Å². The zero-order chi connectivity index (χ0) is 50.6. The average Bonchev–Trinajstić information content (AvgIpc) is 4.20. The van der Waals surface area contributed by atoms with Crippen molar-refractivity contribution in [2.75, 3.05) is 13.2 Å². The second-order valence-electron chi connectivity index (χ2n) is 21.5. The normalized spacial score (nSPS) is 12.7. The summed E-state index contributed by atoms with van der Waals surface area (Å²) in [5.41, 5.74) is 3.86. The summed E-state index contributed by atoms with van der Waals surface area (Å²) in [6.07, 6.45) is 42.5. The zero-order valence-electron chi connectivity index (χ0n) is 46.2. The van der Waals surface area contributed by atoms with Crippen LogP contribution in [-0.4, -0.2) is 23.2 Å². The van der Waals surface area contributed by atoms with Crippen LogP contribution in [0.3, 0.4) is 0 Å². The van der Waals surface area contributed by atoms with Crippen LogP contribution >= 0.6 is 45.3 Å². The summed E-state index contributed by atoms with van der Waals surface area (Å²) in [7, 11) is 0. The first-order chi connectivity index (χ1) is 35.4. The molecule has 0 aromatic carbocycles. The minimum Gasteiger partial charge on any atom is -0.477 e. The van der Waals surface area contributed by atoms with E-state index in [1.54, 1.807) is 0 Å². The lowest BCUT2D eigenvalue weighted by atomic mass is 9.94. The quantitative estimate of drug-likeness (QED) is 0.0359. The summed E-state index contributed by atoms with van der Waals surface area (Å²) in [6.45, 7) is 15.1. The van der Waals surface area contributed by atoms with Crippen molar-refractivity contribution in [2.24, 2.45) is 11.8 Å². The maximum Gasteiger partial charge on any atom is 0.222 e. The summed E-state index contributed by atoms with van der Waals surface area (Å²) in [4.78, 5) is 18.6. The lowest BCUT2D eigenvalue weighted by molar-refractivity contribution is 0.218. The van der Waals surface area contributed by atoms with Gasteiger partial charge in [-0.15, -0.1) is 45.3 Å². The molecule has 6 aromatic rings. The Labute approximate surface area is 455 Å². The van der Waals surface area contributed by atoms with Crippen molar-refractivity contribution in [2.45, 2.75) is 247 Å². The third-order valence-electron chi connectivity index (χ3n) is 15.0. The largest absolute Gasteiger partial charge is 0.477 e. The van der Waals surface area contributed by atoms with E-state index in [0.717, 1.165) is 33.9 Å². The maximum atomic E-state index is 7.09. The van der Waals surface area contributed by atoms with E-state index in [1.165, 1.54) is 244 Å². The third-order valence-corrected chi connectivity index (χ3v) is 19.5. The molecule has 6 heterocycles. The van der Waals surface area contributed by atoms with E-state index in [9.17, 15) is 0 Å². The summed E-state index contributed by atoms with van der Waals surface area (Å²) >= 11 is 7.48. The van der Waals surface area contributed by atoms with Crippen LogP contribution in [0.4, 0.5) is 0 Å². The fourth-order valence-electron chi connectivity index (χ4n) is 10.5. The van der Waals surface area contributed by atoms with Crippen molar-refractivity contribution in [3.05, 3.63) is 58.3 Å². The predicted molar refractivity (Wildman–Crippen MR) is 323 cm³/mol. The standard InChI is InChI=1S/C64H96N2O2S4/c1-7-11-15-19-23-25-29-33-37-51(35-31-27-21-17-13-9-3)47-67-63-53(57-40-39-49(5)69-57)44-55-56(65-63)45-54(58-41-42-59(71-58)61-46-62-60(72-61)43-50(6)70-62)64(66-55)68-48-52(36-32-28-22-18-14-10-4)38-34-30-26-24-20-16-12-8-2/h39-46,51-52H,7-38,47-48H2,1-6H3. The number of ether oxygens (including phenoxy) is 2. The molecule has 0 N–H and O–H groups in total. The van der Waals surface area contributed by atoms with Crippen molar-refractivity contribution in [3.8, 4) is 42.4 Å². The number of rotatable bonds is 41. The van der Waals surface area contributed by atoms with Crippen molar-refractivity contribution >= 4 is 65.8 Å². The number of hydrogen-bond acceptors (Lipinski definition) is 8. The topological polar surface area (TPSA) is 44.2 Å². The Morgan fingerprint density at radius 3 is 1.14 bits per heavy atom. The Morgan fingerprint density at radius 1 is 0.361 bits per heavy atom. The monoisotopic (exact) mass is 1050 g/mol. The fourth-order valence-corrected chi connectivity index (χ4v) is 14.8. The van der Waals surface area contributed by atoms with Crippen molar-refractivity contribution in [1.82, 2.24) is 9.97 Å². The van der Waals surface area contributed by atoms with Gasteiger partial charge in [-0.3, -0.25) is 0 Å². The molecule has 0 aliphatic heterocycles. The SMILES string of the molecule is CCCCCCCCCCC(CCCCCCCC)COc1nc2cc(-c3ccc(-c4cc5sc(C)cc5s4)s3)c(OCC(CCCCCCCC)CCCCCCCCCC)nc2cc1-c1ccc(C)s1. The molecule has 0 spiro atoms. The van der Waals surface area contributed by atoms with E-state index < -0.39 is 0 Å². The molecular formula is C64H96N2O2S4. The number of thiophene rings is 4. The Bertz CT molecular complexity index is 2340. The lowest BCUT2D eigenvalue weighted by Crippen LogP contribution is -2.14. The van der Waals surface area contributed by atoms with Gasteiger partial charge in [-0.1, -0.05) is 207 Å². The van der Waals surface area contributed by atoms with Gasteiger partial charge in [-0.05, 0) is 99.9 Å². The van der Waals surface area contributed by atoms with Gasteiger partial charge in [0.2, 0.25) is 11.8 Å². The van der Waals surface area contributed by atoms with Crippen LogP contribution in [0.25, 0.3) is 51.1 Å². The maximum absolute atomic E-state index is 7.09. The minimum atomic E-state index is 0.525. The second kappa shape index (κ2) is 34.0. The van der Waals surface area contributed by atoms with Crippen LogP contribution in [0.5, 0.6) is 11.8 Å². The number of nitrogens with zero attached hydrogens (tertiary/aromatic N) is 2. The Kier molecular flexibility index (Phi) is 27.6. The molecule has 0 fully saturated rings. The first-order valence-electron chi connectivity index (χ1n) is 29.7. The summed E-state index contributed by atoms with van der Waals surface area (Å²) in [5.74, 6) is 2.55. The number of aromatic nitrogens is 2.